The van der Waals surface area contributed by atoms with Gasteiger partial charge in [-0.1, -0.05) is 13.0 Å². The zero-order chi connectivity index (χ0) is 13.7. The van der Waals surface area contributed by atoms with Crippen LogP contribution in [0.4, 0.5) is 5.13 Å². The highest BCUT2D eigenvalue weighted by Crippen LogP contribution is 2.23. The Morgan fingerprint density at radius 1 is 1.42 bits per heavy atom. The molecule has 0 aliphatic carbocycles. The summed E-state index contributed by atoms with van der Waals surface area (Å²) >= 11 is 3.55. The maximum atomic E-state index is 4.68. The van der Waals surface area contributed by atoms with Gasteiger partial charge in [-0.05, 0) is 24.9 Å². The van der Waals surface area contributed by atoms with Crippen LogP contribution in [0.3, 0.4) is 0 Å². The van der Waals surface area contributed by atoms with Crippen molar-refractivity contribution >= 4 is 27.8 Å². The van der Waals surface area contributed by atoms with Gasteiger partial charge in [0.05, 0.1) is 5.69 Å². The van der Waals surface area contributed by atoms with E-state index in [-0.39, 0.29) is 0 Å². The molecule has 104 valence electrons. The van der Waals surface area contributed by atoms with E-state index >= 15 is 0 Å². The molecule has 2 aromatic rings. The summed E-state index contributed by atoms with van der Waals surface area (Å²) in [6.07, 6.45) is 1.08. The van der Waals surface area contributed by atoms with Crippen LogP contribution in [0.5, 0.6) is 0 Å². The van der Waals surface area contributed by atoms with Crippen LogP contribution in [0.1, 0.15) is 24.4 Å². The average Bonchev–Trinajstić information content (AvgIpc) is 3.06. The lowest BCUT2D eigenvalue weighted by atomic mass is 10.2. The number of likely N-dealkylation sites (N-methyl/N-ethyl adjacent to an activating group) is 1. The summed E-state index contributed by atoms with van der Waals surface area (Å²) in [6.45, 7) is 6.21. The summed E-state index contributed by atoms with van der Waals surface area (Å²) in [5, 5.41) is 8.70. The summed E-state index contributed by atoms with van der Waals surface area (Å²) in [5.41, 5.74) is 1.14. The first-order valence-electron chi connectivity index (χ1n) is 6.61. The van der Waals surface area contributed by atoms with E-state index in [1.54, 1.807) is 11.3 Å². The lowest BCUT2D eigenvalue weighted by molar-refractivity contribution is 0.679. The fraction of sp³-hybridized carbons (Fsp3) is 0.500. The zero-order valence-corrected chi connectivity index (χ0v) is 13.4. The van der Waals surface area contributed by atoms with Crippen LogP contribution < -0.4 is 10.2 Å². The molecule has 0 aliphatic heterocycles. The minimum atomic E-state index is 0.469. The minimum Gasteiger partial charge on any atom is -0.348 e. The van der Waals surface area contributed by atoms with Crippen molar-refractivity contribution < 1.29 is 0 Å². The summed E-state index contributed by atoms with van der Waals surface area (Å²) in [7, 11) is 2.13. The smallest absolute Gasteiger partial charge is 0.185 e. The van der Waals surface area contributed by atoms with Gasteiger partial charge in [0.1, 0.15) is 0 Å². The largest absolute Gasteiger partial charge is 0.348 e. The van der Waals surface area contributed by atoms with Crippen molar-refractivity contribution in [2.75, 3.05) is 18.5 Å². The predicted octanol–water partition coefficient (Wildman–Crippen LogP) is 3.38. The lowest BCUT2D eigenvalue weighted by Crippen LogP contribution is -2.30. The number of hydrogen-bond donors (Lipinski definition) is 1. The molecule has 0 spiro atoms. The molecule has 0 fully saturated rings. The van der Waals surface area contributed by atoms with Crippen LogP contribution in [-0.2, 0) is 13.0 Å². The van der Waals surface area contributed by atoms with Crippen LogP contribution in [0.2, 0.25) is 0 Å². The molecule has 2 aromatic heterocycles. The van der Waals surface area contributed by atoms with E-state index in [0.717, 1.165) is 30.3 Å². The Labute approximate surface area is 123 Å². The molecular formula is C14H21N3S2. The van der Waals surface area contributed by atoms with Gasteiger partial charge < -0.3 is 10.2 Å². The zero-order valence-electron chi connectivity index (χ0n) is 11.7. The van der Waals surface area contributed by atoms with Gasteiger partial charge >= 0.3 is 0 Å². The van der Waals surface area contributed by atoms with Crippen LogP contribution in [-0.4, -0.2) is 24.6 Å². The Hall–Kier alpha value is -0.910. The first-order chi connectivity index (χ1) is 9.20. The lowest BCUT2D eigenvalue weighted by Gasteiger charge is -2.23. The number of aromatic nitrogens is 1. The number of thiophene rings is 1. The van der Waals surface area contributed by atoms with Crippen LogP contribution in [0.25, 0.3) is 0 Å². The van der Waals surface area contributed by atoms with Gasteiger partial charge in [-0.15, -0.1) is 22.7 Å². The third-order valence-corrected chi connectivity index (χ3v) is 5.01. The van der Waals surface area contributed by atoms with E-state index in [1.807, 2.05) is 11.3 Å². The molecule has 5 heteroatoms. The van der Waals surface area contributed by atoms with Crippen molar-refractivity contribution in [2.24, 2.45) is 0 Å². The quantitative estimate of drug-likeness (QED) is 0.849. The Morgan fingerprint density at radius 3 is 2.95 bits per heavy atom. The second kappa shape index (κ2) is 7.03. The van der Waals surface area contributed by atoms with Crippen LogP contribution in [0.15, 0.2) is 22.9 Å². The van der Waals surface area contributed by atoms with E-state index in [4.69, 9.17) is 0 Å². The van der Waals surface area contributed by atoms with Gasteiger partial charge in [0, 0.05) is 36.3 Å². The molecular weight excluding hydrogens is 274 g/mol. The summed E-state index contributed by atoms with van der Waals surface area (Å²) in [6, 6.07) is 4.79. The van der Waals surface area contributed by atoms with Crippen molar-refractivity contribution in [2.45, 2.75) is 32.9 Å². The summed E-state index contributed by atoms with van der Waals surface area (Å²) in [4.78, 5) is 8.40. The van der Waals surface area contributed by atoms with Crippen molar-refractivity contribution in [1.29, 1.82) is 0 Å². The van der Waals surface area contributed by atoms with Gasteiger partial charge in [0.25, 0.3) is 0 Å². The molecule has 0 aliphatic rings. The SMILES string of the molecule is CCNCc1csc(N(C)C(C)Cc2cccs2)n1. The molecule has 1 atom stereocenters. The molecule has 0 saturated heterocycles. The van der Waals surface area contributed by atoms with E-state index in [2.05, 4.69) is 59.0 Å². The van der Waals surface area contributed by atoms with E-state index in [1.165, 1.54) is 4.88 Å². The molecule has 1 unspecified atom stereocenters. The fourth-order valence-corrected chi connectivity index (χ4v) is 3.56. The highest BCUT2D eigenvalue weighted by molar-refractivity contribution is 7.13. The minimum absolute atomic E-state index is 0.469. The molecule has 3 nitrogen and oxygen atoms in total. The molecule has 1 N–H and O–H groups in total. The molecule has 0 radical (unpaired) electrons. The molecule has 0 aromatic carbocycles. The van der Waals surface area contributed by atoms with Gasteiger partial charge in [-0.3, -0.25) is 0 Å². The van der Waals surface area contributed by atoms with Crippen LogP contribution >= 0.6 is 22.7 Å². The first kappa shape index (κ1) is 14.5. The molecule has 0 saturated carbocycles. The van der Waals surface area contributed by atoms with Gasteiger partial charge in [0.2, 0.25) is 0 Å². The monoisotopic (exact) mass is 295 g/mol. The van der Waals surface area contributed by atoms with Crippen LogP contribution in [0, 0.1) is 0 Å². The number of rotatable bonds is 7. The Bertz CT molecular complexity index is 479. The molecule has 2 heterocycles. The maximum absolute atomic E-state index is 4.68. The third kappa shape index (κ3) is 4.03. The number of anilines is 1. The number of thiazole rings is 1. The fourth-order valence-electron chi connectivity index (χ4n) is 1.84. The summed E-state index contributed by atoms with van der Waals surface area (Å²) < 4.78 is 0. The van der Waals surface area contributed by atoms with Crippen molar-refractivity contribution in [3.63, 3.8) is 0 Å². The number of hydrogen-bond acceptors (Lipinski definition) is 5. The Kier molecular flexibility index (Phi) is 5.36. The van der Waals surface area contributed by atoms with Crippen molar-refractivity contribution in [3.05, 3.63) is 33.5 Å². The van der Waals surface area contributed by atoms with Gasteiger partial charge in [-0.2, -0.15) is 0 Å². The van der Waals surface area contributed by atoms with E-state index in [0.29, 0.717) is 6.04 Å². The first-order valence-corrected chi connectivity index (χ1v) is 8.37. The Balaban J connectivity index is 1.94. The van der Waals surface area contributed by atoms with Crippen molar-refractivity contribution in [1.82, 2.24) is 10.3 Å². The molecule has 0 amide bonds. The third-order valence-electron chi connectivity index (χ3n) is 3.14. The average molecular weight is 295 g/mol. The van der Waals surface area contributed by atoms with Gasteiger partial charge in [-0.25, -0.2) is 4.98 Å². The highest BCUT2D eigenvalue weighted by Gasteiger charge is 2.14. The standard InChI is InChI=1S/C14H21N3S2/c1-4-15-9-12-10-19-14(16-12)17(3)11(2)8-13-6-5-7-18-13/h5-7,10-11,15H,4,8-9H2,1-3H3. The van der Waals surface area contributed by atoms with Gasteiger partial charge in [0.15, 0.2) is 5.13 Å². The molecule has 0 bridgehead atoms. The molecule has 19 heavy (non-hydrogen) atoms. The topological polar surface area (TPSA) is 28.2 Å². The van der Waals surface area contributed by atoms with E-state index < -0.39 is 0 Å². The highest BCUT2D eigenvalue weighted by atomic mass is 32.1. The normalized spacial score (nSPS) is 12.6. The van der Waals surface area contributed by atoms with Crippen molar-refractivity contribution in [3.8, 4) is 0 Å². The maximum Gasteiger partial charge on any atom is 0.185 e. The second-order valence-electron chi connectivity index (χ2n) is 4.65. The molecule has 2 rings (SSSR count). The predicted molar refractivity (Wildman–Crippen MR) is 85.4 cm³/mol. The second-order valence-corrected chi connectivity index (χ2v) is 6.51. The van der Waals surface area contributed by atoms with E-state index in [9.17, 15) is 0 Å². The number of nitrogens with zero attached hydrogens (tertiary/aromatic N) is 2. The summed E-state index contributed by atoms with van der Waals surface area (Å²) in [5.74, 6) is 0. The Morgan fingerprint density at radius 2 is 2.26 bits per heavy atom. The number of nitrogens with one attached hydrogen (secondary N) is 1.